The number of nitrogens with zero attached hydrogens (tertiary/aromatic N) is 1. The Labute approximate surface area is 139 Å². The van der Waals surface area contributed by atoms with E-state index >= 15 is 0 Å². The third kappa shape index (κ3) is 7.28. The third-order valence-electron chi connectivity index (χ3n) is 3.50. The SMILES string of the molecule is CC[C@H](NC(=O)CN(C)CC(=O)NC(C)C)c1ccc(C)cc1. The summed E-state index contributed by atoms with van der Waals surface area (Å²) in [7, 11) is 1.77. The second-order valence-corrected chi connectivity index (χ2v) is 6.33. The molecule has 0 aliphatic rings. The van der Waals surface area contributed by atoms with Crippen LogP contribution >= 0.6 is 0 Å². The van der Waals surface area contributed by atoms with Gasteiger partial charge in [0, 0.05) is 6.04 Å². The van der Waals surface area contributed by atoms with Gasteiger partial charge in [-0.15, -0.1) is 0 Å². The van der Waals surface area contributed by atoms with E-state index in [2.05, 4.69) is 10.6 Å². The van der Waals surface area contributed by atoms with Gasteiger partial charge in [-0.2, -0.15) is 0 Å². The number of carbonyl (C=O) groups excluding carboxylic acids is 2. The van der Waals surface area contributed by atoms with Gasteiger partial charge in [-0.3, -0.25) is 14.5 Å². The standard InChI is InChI=1S/C18H29N3O2/c1-6-16(15-9-7-14(4)8-10-15)20-18(23)12-21(5)11-17(22)19-13(2)3/h7-10,13,16H,6,11-12H2,1-5H3,(H,19,22)(H,20,23)/t16-/m0/s1. The first kappa shape index (κ1) is 19.2. The number of amides is 2. The van der Waals surface area contributed by atoms with Gasteiger partial charge in [-0.05, 0) is 39.8 Å². The molecule has 2 amide bonds. The maximum Gasteiger partial charge on any atom is 0.234 e. The molecule has 5 heteroatoms. The molecule has 1 rings (SSSR count). The Morgan fingerprint density at radius 3 is 2.04 bits per heavy atom. The van der Waals surface area contributed by atoms with Crippen molar-refractivity contribution in [2.75, 3.05) is 20.1 Å². The average Bonchev–Trinajstić information content (AvgIpc) is 2.44. The van der Waals surface area contributed by atoms with Crippen molar-refractivity contribution < 1.29 is 9.59 Å². The van der Waals surface area contributed by atoms with Crippen LogP contribution in [-0.2, 0) is 9.59 Å². The van der Waals surface area contributed by atoms with Crippen molar-refractivity contribution in [1.29, 1.82) is 0 Å². The van der Waals surface area contributed by atoms with Crippen LogP contribution in [-0.4, -0.2) is 42.9 Å². The van der Waals surface area contributed by atoms with Gasteiger partial charge in [0.05, 0.1) is 19.1 Å². The highest BCUT2D eigenvalue weighted by atomic mass is 16.2. The van der Waals surface area contributed by atoms with Crippen molar-refractivity contribution in [3.63, 3.8) is 0 Å². The second kappa shape index (κ2) is 9.30. The van der Waals surface area contributed by atoms with E-state index < -0.39 is 0 Å². The summed E-state index contributed by atoms with van der Waals surface area (Å²) in [5.41, 5.74) is 2.30. The smallest absolute Gasteiger partial charge is 0.234 e. The molecule has 0 saturated carbocycles. The molecule has 1 atom stereocenters. The number of hydrogen-bond acceptors (Lipinski definition) is 3. The molecule has 2 N–H and O–H groups in total. The topological polar surface area (TPSA) is 61.4 Å². The molecule has 5 nitrogen and oxygen atoms in total. The summed E-state index contributed by atoms with van der Waals surface area (Å²) in [6.07, 6.45) is 0.826. The molecule has 0 heterocycles. The second-order valence-electron chi connectivity index (χ2n) is 6.33. The van der Waals surface area contributed by atoms with Crippen LogP contribution in [0.15, 0.2) is 24.3 Å². The van der Waals surface area contributed by atoms with E-state index in [1.54, 1.807) is 11.9 Å². The maximum absolute atomic E-state index is 12.2. The molecule has 1 aromatic carbocycles. The zero-order valence-electron chi connectivity index (χ0n) is 14.8. The van der Waals surface area contributed by atoms with Gasteiger partial charge in [0.25, 0.3) is 0 Å². The van der Waals surface area contributed by atoms with E-state index in [0.29, 0.717) is 0 Å². The van der Waals surface area contributed by atoms with Gasteiger partial charge < -0.3 is 10.6 Å². The zero-order valence-corrected chi connectivity index (χ0v) is 14.8. The normalized spacial score (nSPS) is 12.3. The molecule has 1 aromatic rings. The van der Waals surface area contributed by atoms with E-state index in [1.165, 1.54) is 5.56 Å². The van der Waals surface area contributed by atoms with Gasteiger partial charge in [-0.25, -0.2) is 0 Å². The van der Waals surface area contributed by atoms with Crippen LogP contribution in [0.5, 0.6) is 0 Å². The number of benzene rings is 1. The summed E-state index contributed by atoms with van der Waals surface area (Å²) in [6, 6.07) is 8.29. The molecule has 0 aromatic heterocycles. The third-order valence-corrected chi connectivity index (χ3v) is 3.50. The Morgan fingerprint density at radius 1 is 1.04 bits per heavy atom. The molecule has 0 unspecified atom stereocenters. The van der Waals surface area contributed by atoms with E-state index in [4.69, 9.17) is 0 Å². The largest absolute Gasteiger partial charge is 0.353 e. The molecule has 23 heavy (non-hydrogen) atoms. The fourth-order valence-electron chi connectivity index (χ4n) is 2.37. The molecule has 128 valence electrons. The van der Waals surface area contributed by atoms with Gasteiger partial charge in [-0.1, -0.05) is 36.8 Å². The predicted molar refractivity (Wildman–Crippen MR) is 93.1 cm³/mol. The van der Waals surface area contributed by atoms with Crippen LogP contribution in [0.2, 0.25) is 0 Å². The first-order valence-corrected chi connectivity index (χ1v) is 8.15. The Balaban J connectivity index is 2.50. The van der Waals surface area contributed by atoms with E-state index in [-0.39, 0.29) is 37.0 Å². The zero-order chi connectivity index (χ0) is 17.4. The van der Waals surface area contributed by atoms with E-state index in [1.807, 2.05) is 52.0 Å². The summed E-state index contributed by atoms with van der Waals surface area (Å²) in [5.74, 6) is -0.141. The monoisotopic (exact) mass is 319 g/mol. The first-order valence-electron chi connectivity index (χ1n) is 8.15. The number of aryl methyl sites for hydroxylation is 1. The number of carbonyl (C=O) groups is 2. The van der Waals surface area contributed by atoms with Crippen molar-refractivity contribution in [2.24, 2.45) is 0 Å². The minimum Gasteiger partial charge on any atom is -0.353 e. The van der Waals surface area contributed by atoms with Crippen molar-refractivity contribution in [1.82, 2.24) is 15.5 Å². The van der Waals surface area contributed by atoms with Crippen LogP contribution in [0.4, 0.5) is 0 Å². The predicted octanol–water partition coefficient (Wildman–Crippen LogP) is 2.02. The van der Waals surface area contributed by atoms with Crippen molar-refractivity contribution in [3.05, 3.63) is 35.4 Å². The van der Waals surface area contributed by atoms with Crippen LogP contribution in [0.3, 0.4) is 0 Å². The fraction of sp³-hybridized carbons (Fsp3) is 0.556. The molecule has 0 spiro atoms. The molecule has 0 saturated heterocycles. The van der Waals surface area contributed by atoms with E-state index in [0.717, 1.165) is 12.0 Å². The van der Waals surface area contributed by atoms with Gasteiger partial charge in [0.15, 0.2) is 0 Å². The van der Waals surface area contributed by atoms with Crippen LogP contribution in [0.25, 0.3) is 0 Å². The van der Waals surface area contributed by atoms with Crippen LogP contribution in [0.1, 0.15) is 44.4 Å². The van der Waals surface area contributed by atoms with Gasteiger partial charge in [0.2, 0.25) is 11.8 Å². The number of nitrogens with one attached hydrogen (secondary N) is 2. The highest BCUT2D eigenvalue weighted by molar-refractivity contribution is 5.81. The summed E-state index contributed by atoms with van der Waals surface area (Å²) in [6.45, 7) is 8.34. The summed E-state index contributed by atoms with van der Waals surface area (Å²) in [4.78, 5) is 25.6. The minimum atomic E-state index is -0.0720. The van der Waals surface area contributed by atoms with Crippen LogP contribution in [0, 0.1) is 6.92 Å². The maximum atomic E-state index is 12.2. The lowest BCUT2D eigenvalue weighted by atomic mass is 10.0. The molecular formula is C18H29N3O2. The Bertz CT molecular complexity index is 512. The molecule has 0 aliphatic heterocycles. The minimum absolute atomic E-state index is 0.000917. The molecule has 0 radical (unpaired) electrons. The lowest BCUT2D eigenvalue weighted by molar-refractivity contribution is -0.125. The summed E-state index contributed by atoms with van der Waals surface area (Å²) >= 11 is 0. The number of hydrogen-bond donors (Lipinski definition) is 2. The van der Waals surface area contributed by atoms with Crippen molar-refractivity contribution in [3.8, 4) is 0 Å². The fourth-order valence-corrected chi connectivity index (χ4v) is 2.37. The highest BCUT2D eigenvalue weighted by Crippen LogP contribution is 2.16. The summed E-state index contributed by atoms with van der Waals surface area (Å²) in [5, 5.41) is 5.85. The van der Waals surface area contributed by atoms with Crippen molar-refractivity contribution in [2.45, 2.75) is 46.2 Å². The van der Waals surface area contributed by atoms with Gasteiger partial charge >= 0.3 is 0 Å². The summed E-state index contributed by atoms with van der Waals surface area (Å²) < 4.78 is 0. The Hall–Kier alpha value is -1.88. The van der Waals surface area contributed by atoms with E-state index in [9.17, 15) is 9.59 Å². The average molecular weight is 319 g/mol. The molecular weight excluding hydrogens is 290 g/mol. The highest BCUT2D eigenvalue weighted by Gasteiger charge is 2.15. The number of rotatable bonds is 8. The quantitative estimate of drug-likeness (QED) is 0.770. The molecule has 0 fully saturated rings. The molecule has 0 bridgehead atoms. The Kier molecular flexibility index (Phi) is 7.75. The lowest BCUT2D eigenvalue weighted by Crippen LogP contribution is -2.43. The van der Waals surface area contributed by atoms with Crippen LogP contribution < -0.4 is 10.6 Å². The van der Waals surface area contributed by atoms with Crippen molar-refractivity contribution >= 4 is 11.8 Å². The lowest BCUT2D eigenvalue weighted by Gasteiger charge is -2.21. The number of likely N-dealkylation sites (N-methyl/N-ethyl adjacent to an activating group) is 1. The van der Waals surface area contributed by atoms with Gasteiger partial charge in [0.1, 0.15) is 0 Å². The first-order chi connectivity index (χ1) is 10.8. The molecule has 0 aliphatic carbocycles. The Morgan fingerprint density at radius 2 is 1.57 bits per heavy atom.